The van der Waals surface area contributed by atoms with Crippen molar-refractivity contribution in [2.24, 2.45) is 5.41 Å². The third kappa shape index (κ3) is 4.16. The molecule has 0 aliphatic heterocycles. The molecule has 0 saturated heterocycles. The first-order valence-electron chi connectivity index (χ1n) is 9.24. The summed E-state index contributed by atoms with van der Waals surface area (Å²) < 4.78 is 0. The molecule has 23 heavy (non-hydrogen) atoms. The van der Waals surface area contributed by atoms with Crippen LogP contribution < -0.4 is 0 Å². The standard InChI is InChI=1S/C23H34/c1-8-9-10-16(2)11-12-20-21-14-18(4)17(3)13-19(21)15-22(20)23(5,6)7/h13-15,20H,2,8-12H2,1,3-7H3. The van der Waals surface area contributed by atoms with Crippen LogP contribution >= 0.6 is 0 Å². The van der Waals surface area contributed by atoms with Crippen molar-refractivity contribution < 1.29 is 0 Å². The van der Waals surface area contributed by atoms with Crippen molar-refractivity contribution in [3.8, 4) is 0 Å². The predicted molar refractivity (Wildman–Crippen MR) is 104 cm³/mol. The van der Waals surface area contributed by atoms with E-state index < -0.39 is 0 Å². The van der Waals surface area contributed by atoms with Crippen molar-refractivity contribution in [2.45, 2.75) is 79.6 Å². The molecule has 1 aromatic rings. The number of hydrogen-bond acceptors (Lipinski definition) is 0. The van der Waals surface area contributed by atoms with E-state index in [1.807, 2.05) is 0 Å². The van der Waals surface area contributed by atoms with Crippen molar-refractivity contribution in [3.63, 3.8) is 0 Å². The molecule has 2 rings (SSSR count). The van der Waals surface area contributed by atoms with Crippen LogP contribution in [0.1, 0.15) is 88.0 Å². The van der Waals surface area contributed by atoms with Gasteiger partial charge in [0.15, 0.2) is 0 Å². The summed E-state index contributed by atoms with van der Waals surface area (Å²) >= 11 is 0. The third-order valence-electron chi connectivity index (χ3n) is 5.30. The van der Waals surface area contributed by atoms with Gasteiger partial charge in [0.25, 0.3) is 0 Å². The molecule has 0 aromatic heterocycles. The Kier molecular flexibility index (Phi) is 5.55. The highest BCUT2D eigenvalue weighted by molar-refractivity contribution is 5.69. The molecule has 0 saturated carbocycles. The van der Waals surface area contributed by atoms with E-state index >= 15 is 0 Å². The van der Waals surface area contributed by atoms with Crippen LogP contribution in [0.15, 0.2) is 29.9 Å². The van der Waals surface area contributed by atoms with E-state index in [4.69, 9.17) is 0 Å². The highest BCUT2D eigenvalue weighted by Gasteiger charge is 2.32. The number of fused-ring (bicyclic) bond motifs is 1. The average Bonchev–Trinajstić information content (AvgIpc) is 2.81. The Labute approximate surface area is 143 Å². The molecule has 0 spiro atoms. The molecule has 0 heteroatoms. The summed E-state index contributed by atoms with van der Waals surface area (Å²) in [5.74, 6) is 0.572. The number of unbranched alkanes of at least 4 members (excludes halogenated alkanes) is 1. The summed E-state index contributed by atoms with van der Waals surface area (Å²) in [5.41, 5.74) is 9.07. The van der Waals surface area contributed by atoms with Crippen molar-refractivity contribution in [1.82, 2.24) is 0 Å². The van der Waals surface area contributed by atoms with Crippen molar-refractivity contribution in [1.29, 1.82) is 0 Å². The van der Waals surface area contributed by atoms with Gasteiger partial charge in [0.05, 0.1) is 0 Å². The highest BCUT2D eigenvalue weighted by Crippen LogP contribution is 2.48. The fraction of sp³-hybridized carbons (Fsp3) is 0.565. The summed E-state index contributed by atoms with van der Waals surface area (Å²) in [6.45, 7) is 18.1. The first kappa shape index (κ1) is 18.0. The van der Waals surface area contributed by atoms with E-state index in [1.165, 1.54) is 47.9 Å². The van der Waals surface area contributed by atoms with Crippen LogP contribution in [0.4, 0.5) is 0 Å². The topological polar surface area (TPSA) is 0 Å². The lowest BCUT2D eigenvalue weighted by molar-refractivity contribution is 0.460. The fourth-order valence-corrected chi connectivity index (χ4v) is 3.67. The van der Waals surface area contributed by atoms with E-state index in [2.05, 4.69) is 66.3 Å². The minimum Gasteiger partial charge on any atom is -0.0999 e. The van der Waals surface area contributed by atoms with Crippen LogP contribution in [0.25, 0.3) is 6.08 Å². The molecule has 126 valence electrons. The normalized spacial score (nSPS) is 17.1. The Morgan fingerprint density at radius 2 is 1.74 bits per heavy atom. The molecule has 0 bridgehead atoms. The molecule has 1 aliphatic carbocycles. The summed E-state index contributed by atoms with van der Waals surface area (Å²) in [4.78, 5) is 0. The van der Waals surface area contributed by atoms with Crippen LogP contribution in [0.5, 0.6) is 0 Å². The van der Waals surface area contributed by atoms with Crippen LogP contribution in [0.3, 0.4) is 0 Å². The largest absolute Gasteiger partial charge is 0.0999 e. The maximum atomic E-state index is 4.31. The molecular formula is C23H34. The fourth-order valence-electron chi connectivity index (χ4n) is 3.67. The maximum absolute atomic E-state index is 4.31. The summed E-state index contributed by atoms with van der Waals surface area (Å²) in [6, 6.07) is 4.81. The van der Waals surface area contributed by atoms with Gasteiger partial charge in [-0.15, -0.1) is 0 Å². The van der Waals surface area contributed by atoms with E-state index in [0.29, 0.717) is 5.92 Å². The Bertz CT molecular complexity index is 608. The molecule has 0 nitrogen and oxygen atoms in total. The van der Waals surface area contributed by atoms with E-state index in [1.54, 1.807) is 11.1 Å². The van der Waals surface area contributed by atoms with Crippen LogP contribution in [0.2, 0.25) is 0 Å². The number of aryl methyl sites for hydroxylation is 2. The summed E-state index contributed by atoms with van der Waals surface area (Å²) in [6.07, 6.45) is 8.56. The van der Waals surface area contributed by atoms with Gasteiger partial charge < -0.3 is 0 Å². The van der Waals surface area contributed by atoms with E-state index in [-0.39, 0.29) is 5.41 Å². The smallest absolute Gasteiger partial charge is 0.00658 e. The first-order chi connectivity index (χ1) is 10.7. The van der Waals surface area contributed by atoms with Gasteiger partial charge in [-0.1, -0.05) is 70.0 Å². The van der Waals surface area contributed by atoms with Gasteiger partial charge in [-0.05, 0) is 67.2 Å². The lowest BCUT2D eigenvalue weighted by Gasteiger charge is -2.28. The number of allylic oxidation sites excluding steroid dienone is 2. The second-order valence-corrected chi connectivity index (χ2v) is 8.36. The quantitative estimate of drug-likeness (QED) is 0.481. The molecular weight excluding hydrogens is 276 g/mol. The van der Waals surface area contributed by atoms with Gasteiger partial charge in [0.2, 0.25) is 0 Å². The molecule has 0 radical (unpaired) electrons. The zero-order chi connectivity index (χ0) is 17.2. The molecule has 1 unspecified atom stereocenters. The van der Waals surface area contributed by atoms with Gasteiger partial charge >= 0.3 is 0 Å². The Hall–Kier alpha value is -1.30. The molecule has 1 aromatic carbocycles. The zero-order valence-electron chi connectivity index (χ0n) is 16.1. The van der Waals surface area contributed by atoms with Gasteiger partial charge in [-0.3, -0.25) is 0 Å². The van der Waals surface area contributed by atoms with Crippen molar-refractivity contribution in [3.05, 3.63) is 52.1 Å². The zero-order valence-corrected chi connectivity index (χ0v) is 16.1. The minimum absolute atomic E-state index is 0.232. The number of hydrogen-bond donors (Lipinski definition) is 0. The van der Waals surface area contributed by atoms with Gasteiger partial charge in [-0.25, -0.2) is 0 Å². The second kappa shape index (κ2) is 7.07. The predicted octanol–water partition coefficient (Wildman–Crippen LogP) is 7.36. The van der Waals surface area contributed by atoms with E-state index in [0.717, 1.165) is 6.42 Å². The van der Waals surface area contributed by atoms with Crippen molar-refractivity contribution >= 4 is 6.08 Å². The van der Waals surface area contributed by atoms with Crippen LogP contribution in [-0.2, 0) is 0 Å². The SMILES string of the molecule is C=C(CCCC)CCC1C(C(C)(C)C)=Cc2cc(C)c(C)cc21. The molecule has 0 amide bonds. The average molecular weight is 311 g/mol. The summed E-state index contributed by atoms with van der Waals surface area (Å²) in [7, 11) is 0. The third-order valence-corrected chi connectivity index (χ3v) is 5.30. The Balaban J connectivity index is 2.24. The van der Waals surface area contributed by atoms with Crippen LogP contribution in [0, 0.1) is 19.3 Å². The number of rotatable bonds is 6. The molecule has 1 aliphatic rings. The lowest BCUT2D eigenvalue weighted by Crippen LogP contribution is -2.14. The molecule has 1 atom stereocenters. The summed E-state index contributed by atoms with van der Waals surface area (Å²) in [5, 5.41) is 0. The van der Waals surface area contributed by atoms with Gasteiger partial charge in [0.1, 0.15) is 0 Å². The Morgan fingerprint density at radius 1 is 1.09 bits per heavy atom. The van der Waals surface area contributed by atoms with Gasteiger partial charge in [0, 0.05) is 5.92 Å². The monoisotopic (exact) mass is 310 g/mol. The van der Waals surface area contributed by atoms with Gasteiger partial charge in [-0.2, -0.15) is 0 Å². The highest BCUT2D eigenvalue weighted by atomic mass is 14.4. The first-order valence-corrected chi connectivity index (χ1v) is 9.24. The number of benzene rings is 1. The lowest BCUT2D eigenvalue weighted by atomic mass is 9.76. The molecule has 0 fully saturated rings. The van der Waals surface area contributed by atoms with E-state index in [9.17, 15) is 0 Å². The Morgan fingerprint density at radius 3 is 2.35 bits per heavy atom. The van der Waals surface area contributed by atoms with Crippen LogP contribution in [-0.4, -0.2) is 0 Å². The molecule has 0 heterocycles. The minimum atomic E-state index is 0.232. The second-order valence-electron chi connectivity index (χ2n) is 8.36. The molecule has 0 N–H and O–H groups in total. The van der Waals surface area contributed by atoms with Crippen molar-refractivity contribution in [2.75, 3.05) is 0 Å². The maximum Gasteiger partial charge on any atom is 0.00658 e.